The van der Waals surface area contributed by atoms with E-state index in [-0.39, 0.29) is 85.3 Å². The minimum atomic E-state index is -0.181. The van der Waals surface area contributed by atoms with Gasteiger partial charge in [0.25, 0.3) is 11.8 Å². The molecule has 2 atom stereocenters. The Morgan fingerprint density at radius 2 is 1.01 bits per heavy atom. The highest BCUT2D eigenvalue weighted by Gasteiger charge is 2.36. The van der Waals surface area contributed by atoms with E-state index in [1.165, 1.54) is 22.7 Å². The van der Waals surface area contributed by atoms with Crippen molar-refractivity contribution in [2.75, 3.05) is 49.9 Å². The number of unbranched alkanes of at least 4 members (excludes halogenated alkanes) is 1. The van der Waals surface area contributed by atoms with E-state index in [2.05, 4.69) is 41.9 Å². The summed E-state index contributed by atoms with van der Waals surface area (Å²) in [6.45, 7) is 4.53. The molecule has 4 fully saturated rings. The molecule has 4 saturated heterocycles. The third-order valence-corrected chi connectivity index (χ3v) is 18.7. The number of anilines is 2. The molecule has 4 aromatic heterocycles. The van der Waals surface area contributed by atoms with Crippen molar-refractivity contribution in [3.8, 4) is 20.9 Å². The van der Waals surface area contributed by atoms with E-state index >= 15 is 0 Å². The summed E-state index contributed by atoms with van der Waals surface area (Å²) in [5, 5.41) is 22.4. The Hall–Kier alpha value is -5.58. The predicted molar refractivity (Wildman–Crippen MR) is 293 cm³/mol. The predicted octanol–water partition coefficient (Wildman–Crippen LogP) is 8.72. The average Bonchev–Trinajstić information content (AvgIpc) is 4.23. The summed E-state index contributed by atoms with van der Waals surface area (Å²) in [6, 6.07) is 18.2. The lowest BCUT2D eigenvalue weighted by Gasteiger charge is -2.37. The Kier molecular flexibility index (Phi) is 16.5. The maximum atomic E-state index is 13.2. The van der Waals surface area contributed by atoms with Crippen LogP contribution in [0.2, 0.25) is 10.0 Å². The van der Waals surface area contributed by atoms with Gasteiger partial charge >= 0.3 is 0 Å². The number of hydrogen-bond donors (Lipinski definition) is 6. The number of thiophene rings is 2. The van der Waals surface area contributed by atoms with Gasteiger partial charge in [0, 0.05) is 86.4 Å². The number of nitrogens with one attached hydrogen (secondary N) is 6. The second kappa shape index (κ2) is 23.5. The summed E-state index contributed by atoms with van der Waals surface area (Å²) in [4.78, 5) is 92.7. The molecule has 0 bridgehead atoms. The van der Waals surface area contributed by atoms with Gasteiger partial charge in [-0.25, -0.2) is 9.97 Å². The SMILES string of the molecule is O=C(CCCCC(=O)NCc1ccc(-c2cnc(C3CN(C(=O)c4ccc(NC(=O)[C@@H]5CCCN5)s4)C3)s2)cc1Cl)NCc1ccc(-c2cnc(C3CN(C(=O)c4ccc(NC(=O)[C@@H]5CCCN5)s4)C3)s2)cc1Cl. The molecule has 6 N–H and O–H groups in total. The molecular formula is C52H54Cl2N10O6S4. The van der Waals surface area contributed by atoms with E-state index in [1.807, 2.05) is 48.8 Å². The first kappa shape index (κ1) is 51.9. The Morgan fingerprint density at radius 1 is 0.581 bits per heavy atom. The number of carbonyl (C=O) groups excluding carboxylic acids is 6. The monoisotopic (exact) mass is 1110 g/mol. The second-order valence-electron chi connectivity index (χ2n) is 18.9. The zero-order valence-corrected chi connectivity index (χ0v) is 45.0. The zero-order valence-electron chi connectivity index (χ0n) is 40.2. The molecule has 0 saturated carbocycles. The van der Waals surface area contributed by atoms with Gasteiger partial charge in [0.1, 0.15) is 0 Å². The quantitative estimate of drug-likeness (QED) is 0.0426. The molecule has 6 amide bonds. The third kappa shape index (κ3) is 12.4. The number of thiazole rings is 2. The normalized spacial score (nSPS) is 17.7. The molecule has 22 heteroatoms. The molecule has 8 heterocycles. The number of halogens is 2. The van der Waals surface area contributed by atoms with Crippen molar-refractivity contribution in [2.24, 2.45) is 0 Å². The van der Waals surface area contributed by atoms with Crippen molar-refractivity contribution in [1.29, 1.82) is 0 Å². The second-order valence-corrected chi connectivity index (χ2v) is 24.0. The highest BCUT2D eigenvalue weighted by atomic mass is 35.5. The van der Waals surface area contributed by atoms with Crippen LogP contribution < -0.4 is 31.9 Å². The fourth-order valence-electron chi connectivity index (χ4n) is 9.23. The molecule has 4 aliphatic rings. The average molecular weight is 1110 g/mol. The number of nitrogens with zero attached hydrogens (tertiary/aromatic N) is 4. The van der Waals surface area contributed by atoms with Crippen LogP contribution in [-0.2, 0) is 32.3 Å². The van der Waals surface area contributed by atoms with E-state index in [0.717, 1.165) is 80.8 Å². The van der Waals surface area contributed by atoms with Crippen LogP contribution in [0.5, 0.6) is 0 Å². The van der Waals surface area contributed by atoms with E-state index in [4.69, 9.17) is 23.2 Å². The molecule has 4 aliphatic heterocycles. The molecule has 0 radical (unpaired) electrons. The molecule has 6 aromatic rings. The van der Waals surface area contributed by atoms with Crippen molar-refractivity contribution in [2.45, 2.75) is 88.4 Å². The summed E-state index contributed by atoms with van der Waals surface area (Å²) >= 11 is 19.1. The molecule has 2 aromatic carbocycles. The topological polar surface area (TPSA) is 207 Å². The van der Waals surface area contributed by atoms with E-state index < -0.39 is 0 Å². The van der Waals surface area contributed by atoms with Gasteiger partial charge in [0.2, 0.25) is 23.6 Å². The summed E-state index contributed by atoms with van der Waals surface area (Å²) in [5.74, 6) is -0.182. The molecule has 16 nitrogen and oxygen atoms in total. The van der Waals surface area contributed by atoms with Crippen molar-refractivity contribution >= 4 is 114 Å². The number of carbonyl (C=O) groups is 6. The molecule has 386 valence electrons. The molecule has 0 aliphatic carbocycles. The van der Waals surface area contributed by atoms with Crippen molar-refractivity contribution in [3.05, 3.63) is 114 Å². The van der Waals surface area contributed by atoms with E-state index in [9.17, 15) is 28.8 Å². The molecule has 0 spiro atoms. The van der Waals surface area contributed by atoms with Crippen molar-refractivity contribution in [3.63, 3.8) is 0 Å². The van der Waals surface area contributed by atoms with Crippen LogP contribution >= 0.6 is 68.5 Å². The van der Waals surface area contributed by atoms with Crippen LogP contribution in [0.15, 0.2) is 73.1 Å². The first-order valence-electron chi connectivity index (χ1n) is 24.8. The van der Waals surface area contributed by atoms with E-state index in [0.29, 0.717) is 68.8 Å². The Bertz CT molecular complexity index is 2860. The maximum Gasteiger partial charge on any atom is 0.264 e. The minimum Gasteiger partial charge on any atom is -0.352 e. The van der Waals surface area contributed by atoms with Gasteiger partial charge in [-0.05, 0) is 110 Å². The summed E-state index contributed by atoms with van der Waals surface area (Å²) in [5.41, 5.74) is 3.42. The summed E-state index contributed by atoms with van der Waals surface area (Å²) in [6.07, 6.45) is 8.92. The van der Waals surface area contributed by atoms with Gasteiger partial charge < -0.3 is 41.7 Å². The molecule has 0 unspecified atom stereocenters. The Balaban J connectivity index is 0.596. The van der Waals surface area contributed by atoms with E-state index in [1.54, 1.807) is 56.7 Å². The van der Waals surface area contributed by atoms with Crippen molar-refractivity contribution < 1.29 is 28.8 Å². The summed E-state index contributed by atoms with van der Waals surface area (Å²) < 4.78 is 0. The fourth-order valence-corrected chi connectivity index (χ4v) is 13.5. The number of likely N-dealkylation sites (tertiary alicyclic amines) is 2. The Labute approximate surface area is 454 Å². The highest BCUT2D eigenvalue weighted by molar-refractivity contribution is 7.18. The molecule has 74 heavy (non-hydrogen) atoms. The van der Waals surface area contributed by atoms with Crippen LogP contribution in [0.3, 0.4) is 0 Å². The van der Waals surface area contributed by atoms with Crippen molar-refractivity contribution in [1.82, 2.24) is 41.0 Å². The van der Waals surface area contributed by atoms with Gasteiger partial charge in [0.05, 0.1) is 51.6 Å². The molecular weight excluding hydrogens is 1060 g/mol. The van der Waals surface area contributed by atoms with Gasteiger partial charge in [-0.1, -0.05) is 47.5 Å². The number of hydrogen-bond acceptors (Lipinski definition) is 14. The van der Waals surface area contributed by atoms with Gasteiger partial charge in [-0.3, -0.25) is 28.8 Å². The van der Waals surface area contributed by atoms with Crippen LogP contribution in [-0.4, -0.2) is 107 Å². The number of benzene rings is 2. The van der Waals surface area contributed by atoms with Crippen LogP contribution in [0.1, 0.15) is 104 Å². The standard InChI is InChI=1S/C52H54Cl2N10O6S4/c53-35-19-29(41-23-59-49(73-41)33-25-63(26-33)51(69)39-13-15-45(71-39)61-47(67)37-5-3-17-55-37)9-11-31(35)21-57-43(65)7-1-2-8-44(66)58-22-32-12-10-30(20-36(32)54)42-24-60-50(74-42)34-27-64(28-34)52(70)40-14-16-46(72-40)62-48(68)38-6-4-18-56-38/h9-16,19-20,23-24,33-34,37-38,55-56H,1-8,17-18,21-22,25-28H2,(H,57,65)(H,58,66)(H,61,67)(H,62,68)/t37-,38-/m0/s1. The number of rotatable bonds is 19. The number of aromatic nitrogens is 2. The lowest BCUT2D eigenvalue weighted by atomic mass is 10.0. The first-order valence-corrected chi connectivity index (χ1v) is 28.8. The highest BCUT2D eigenvalue weighted by Crippen LogP contribution is 2.39. The zero-order chi connectivity index (χ0) is 51.3. The third-order valence-electron chi connectivity index (χ3n) is 13.6. The van der Waals surface area contributed by atoms with Crippen LogP contribution in [0, 0.1) is 0 Å². The lowest BCUT2D eigenvalue weighted by molar-refractivity contribution is -0.123. The minimum absolute atomic E-state index is 0.0484. The van der Waals surface area contributed by atoms with Gasteiger partial charge in [-0.15, -0.1) is 45.3 Å². The van der Waals surface area contributed by atoms with Gasteiger partial charge in [0.15, 0.2) is 0 Å². The lowest BCUT2D eigenvalue weighted by Crippen LogP contribution is -2.48. The van der Waals surface area contributed by atoms with Crippen LogP contribution in [0.25, 0.3) is 20.9 Å². The molecule has 10 rings (SSSR count). The van der Waals surface area contributed by atoms with Crippen LogP contribution in [0.4, 0.5) is 10.0 Å². The first-order chi connectivity index (χ1) is 35.9. The fraction of sp³-hybridized carbons (Fsp3) is 0.385. The largest absolute Gasteiger partial charge is 0.352 e. The summed E-state index contributed by atoms with van der Waals surface area (Å²) in [7, 11) is 0. The number of amides is 6. The van der Waals surface area contributed by atoms with Gasteiger partial charge in [-0.2, -0.15) is 0 Å². The Morgan fingerprint density at radius 3 is 1.41 bits per heavy atom. The smallest absolute Gasteiger partial charge is 0.264 e. The maximum absolute atomic E-state index is 13.2.